The molecule has 15 heavy (non-hydrogen) atoms. The minimum Gasteiger partial charge on any atom is -0.469 e. The van der Waals surface area contributed by atoms with Gasteiger partial charge in [-0.05, 0) is 30.2 Å². The smallest absolute Gasteiger partial charge is 0.313 e. The zero-order valence-electron chi connectivity index (χ0n) is 8.59. The van der Waals surface area contributed by atoms with Gasteiger partial charge < -0.3 is 4.74 Å². The standard InChI is InChI=1S/C11H12Cl2O2/c1-3-8(11(14)15-2)9-6-7(12)4-5-10(9)13/h4-6,8H,3H2,1-2H3. The van der Waals surface area contributed by atoms with E-state index >= 15 is 0 Å². The number of hydrogen-bond acceptors (Lipinski definition) is 2. The molecule has 82 valence electrons. The SMILES string of the molecule is CCC(C(=O)OC)c1cc(Cl)ccc1Cl. The van der Waals surface area contributed by atoms with Gasteiger partial charge in [0.05, 0.1) is 13.0 Å². The normalized spacial score (nSPS) is 12.3. The quantitative estimate of drug-likeness (QED) is 0.762. The molecule has 1 rings (SSSR count). The van der Waals surface area contributed by atoms with Crippen LogP contribution < -0.4 is 0 Å². The van der Waals surface area contributed by atoms with Crippen molar-refractivity contribution in [3.63, 3.8) is 0 Å². The lowest BCUT2D eigenvalue weighted by atomic mass is 9.96. The van der Waals surface area contributed by atoms with Gasteiger partial charge >= 0.3 is 5.97 Å². The fraction of sp³-hybridized carbons (Fsp3) is 0.364. The van der Waals surface area contributed by atoms with Gasteiger partial charge in [-0.15, -0.1) is 0 Å². The Labute approximate surface area is 99.1 Å². The maximum Gasteiger partial charge on any atom is 0.313 e. The number of ether oxygens (including phenoxy) is 1. The van der Waals surface area contributed by atoms with Crippen molar-refractivity contribution in [1.82, 2.24) is 0 Å². The maximum absolute atomic E-state index is 11.5. The van der Waals surface area contributed by atoms with Crippen molar-refractivity contribution in [2.24, 2.45) is 0 Å². The van der Waals surface area contributed by atoms with Crippen LogP contribution in [0, 0.1) is 0 Å². The lowest BCUT2D eigenvalue weighted by Gasteiger charge is -2.14. The Morgan fingerprint density at radius 1 is 1.47 bits per heavy atom. The zero-order chi connectivity index (χ0) is 11.4. The van der Waals surface area contributed by atoms with Crippen LogP contribution in [-0.2, 0) is 9.53 Å². The van der Waals surface area contributed by atoms with E-state index in [4.69, 9.17) is 27.9 Å². The Morgan fingerprint density at radius 2 is 2.13 bits per heavy atom. The van der Waals surface area contributed by atoms with Crippen molar-refractivity contribution in [2.75, 3.05) is 7.11 Å². The van der Waals surface area contributed by atoms with E-state index in [1.165, 1.54) is 7.11 Å². The van der Waals surface area contributed by atoms with Gasteiger partial charge in [0.25, 0.3) is 0 Å². The molecule has 0 saturated heterocycles. The van der Waals surface area contributed by atoms with Gasteiger partial charge in [0.1, 0.15) is 0 Å². The predicted octanol–water partition coefficient (Wildman–Crippen LogP) is 3.66. The van der Waals surface area contributed by atoms with Crippen LogP contribution in [0.1, 0.15) is 24.8 Å². The Hall–Kier alpha value is -0.730. The molecule has 0 heterocycles. The maximum atomic E-state index is 11.5. The summed E-state index contributed by atoms with van der Waals surface area (Å²) < 4.78 is 4.71. The second-order valence-electron chi connectivity index (χ2n) is 3.15. The summed E-state index contributed by atoms with van der Waals surface area (Å²) in [5.74, 6) is -0.636. The number of carbonyl (C=O) groups excluding carboxylic acids is 1. The van der Waals surface area contributed by atoms with E-state index in [-0.39, 0.29) is 11.9 Å². The van der Waals surface area contributed by atoms with Crippen LogP contribution >= 0.6 is 23.2 Å². The van der Waals surface area contributed by atoms with E-state index in [0.29, 0.717) is 16.5 Å². The van der Waals surface area contributed by atoms with Crippen LogP contribution in [0.25, 0.3) is 0 Å². The Morgan fingerprint density at radius 3 is 2.67 bits per heavy atom. The molecule has 1 atom stereocenters. The van der Waals surface area contributed by atoms with Crippen LogP contribution in [0.4, 0.5) is 0 Å². The fourth-order valence-corrected chi connectivity index (χ4v) is 1.87. The highest BCUT2D eigenvalue weighted by Crippen LogP contribution is 2.30. The first-order chi connectivity index (χ1) is 7.10. The van der Waals surface area contributed by atoms with Crippen LogP contribution in [0.3, 0.4) is 0 Å². The number of methoxy groups -OCH3 is 1. The zero-order valence-corrected chi connectivity index (χ0v) is 10.1. The average molecular weight is 247 g/mol. The molecule has 0 aliphatic carbocycles. The molecule has 0 N–H and O–H groups in total. The second kappa shape index (κ2) is 5.38. The third-order valence-corrected chi connectivity index (χ3v) is 2.81. The summed E-state index contributed by atoms with van der Waals surface area (Å²) in [5.41, 5.74) is 0.721. The summed E-state index contributed by atoms with van der Waals surface area (Å²) in [7, 11) is 1.36. The number of hydrogen-bond donors (Lipinski definition) is 0. The van der Waals surface area contributed by atoms with E-state index in [1.807, 2.05) is 6.92 Å². The van der Waals surface area contributed by atoms with Gasteiger partial charge in [-0.1, -0.05) is 30.1 Å². The first-order valence-electron chi connectivity index (χ1n) is 4.63. The highest BCUT2D eigenvalue weighted by molar-refractivity contribution is 6.33. The molecule has 0 aromatic heterocycles. The van der Waals surface area contributed by atoms with Gasteiger partial charge in [-0.2, -0.15) is 0 Å². The van der Waals surface area contributed by atoms with Crippen molar-refractivity contribution in [2.45, 2.75) is 19.3 Å². The lowest BCUT2D eigenvalue weighted by molar-refractivity contribution is -0.142. The first kappa shape index (κ1) is 12.3. The van der Waals surface area contributed by atoms with Crippen molar-refractivity contribution in [1.29, 1.82) is 0 Å². The molecule has 0 bridgehead atoms. The molecule has 0 aliphatic rings. The number of halogens is 2. The summed E-state index contributed by atoms with van der Waals surface area (Å²) in [6.07, 6.45) is 0.632. The van der Waals surface area contributed by atoms with E-state index < -0.39 is 0 Å². The molecular formula is C11H12Cl2O2. The van der Waals surface area contributed by atoms with E-state index in [2.05, 4.69) is 0 Å². The molecule has 0 radical (unpaired) electrons. The van der Waals surface area contributed by atoms with Crippen LogP contribution in [0.2, 0.25) is 10.0 Å². The third-order valence-electron chi connectivity index (χ3n) is 2.23. The van der Waals surface area contributed by atoms with Gasteiger partial charge in [0.15, 0.2) is 0 Å². The van der Waals surface area contributed by atoms with Crippen LogP contribution in [-0.4, -0.2) is 13.1 Å². The summed E-state index contributed by atoms with van der Waals surface area (Å²) >= 11 is 11.9. The number of rotatable bonds is 3. The Kier molecular flexibility index (Phi) is 4.43. The highest BCUT2D eigenvalue weighted by Gasteiger charge is 2.21. The van der Waals surface area contributed by atoms with Gasteiger partial charge in [-0.25, -0.2) is 0 Å². The lowest BCUT2D eigenvalue weighted by Crippen LogP contribution is -2.13. The van der Waals surface area contributed by atoms with Crippen LogP contribution in [0.5, 0.6) is 0 Å². The molecule has 0 saturated carbocycles. The molecule has 0 aliphatic heterocycles. The highest BCUT2D eigenvalue weighted by atomic mass is 35.5. The molecular weight excluding hydrogens is 235 g/mol. The van der Waals surface area contributed by atoms with Crippen molar-refractivity contribution < 1.29 is 9.53 Å². The second-order valence-corrected chi connectivity index (χ2v) is 3.99. The molecule has 4 heteroatoms. The molecule has 0 spiro atoms. The molecule has 1 unspecified atom stereocenters. The van der Waals surface area contributed by atoms with Gasteiger partial charge in [0, 0.05) is 10.0 Å². The Balaban J connectivity index is 3.11. The average Bonchev–Trinajstić information content (AvgIpc) is 2.23. The largest absolute Gasteiger partial charge is 0.469 e. The topological polar surface area (TPSA) is 26.3 Å². The molecule has 0 amide bonds. The first-order valence-corrected chi connectivity index (χ1v) is 5.38. The summed E-state index contributed by atoms with van der Waals surface area (Å²) in [4.78, 5) is 11.5. The summed E-state index contributed by atoms with van der Waals surface area (Å²) in [6.45, 7) is 1.90. The van der Waals surface area contributed by atoms with E-state index in [0.717, 1.165) is 5.56 Å². The van der Waals surface area contributed by atoms with Crippen LogP contribution in [0.15, 0.2) is 18.2 Å². The van der Waals surface area contributed by atoms with Crippen molar-refractivity contribution in [3.05, 3.63) is 33.8 Å². The number of benzene rings is 1. The van der Waals surface area contributed by atoms with Gasteiger partial charge in [-0.3, -0.25) is 4.79 Å². The summed E-state index contributed by atoms with van der Waals surface area (Å²) in [5, 5.41) is 1.11. The minimum atomic E-state index is -0.346. The molecule has 1 aromatic carbocycles. The third kappa shape index (κ3) is 2.86. The van der Waals surface area contributed by atoms with E-state index in [1.54, 1.807) is 18.2 Å². The van der Waals surface area contributed by atoms with Gasteiger partial charge in [0.2, 0.25) is 0 Å². The number of carbonyl (C=O) groups is 1. The Bertz CT molecular complexity index is 364. The summed E-state index contributed by atoms with van der Waals surface area (Å²) in [6, 6.07) is 5.08. The number of esters is 1. The molecule has 2 nitrogen and oxygen atoms in total. The fourth-order valence-electron chi connectivity index (χ4n) is 1.44. The molecule has 0 fully saturated rings. The van der Waals surface area contributed by atoms with E-state index in [9.17, 15) is 4.79 Å². The monoisotopic (exact) mass is 246 g/mol. The minimum absolute atomic E-state index is 0.290. The van der Waals surface area contributed by atoms with Crippen molar-refractivity contribution >= 4 is 29.2 Å². The van der Waals surface area contributed by atoms with Crippen molar-refractivity contribution in [3.8, 4) is 0 Å². The molecule has 1 aromatic rings. The predicted molar refractivity (Wildman–Crippen MR) is 61.5 cm³/mol.